The van der Waals surface area contributed by atoms with Crippen LogP contribution >= 0.6 is 23.1 Å². The Morgan fingerprint density at radius 3 is 2.61 bits per heavy atom. The van der Waals surface area contributed by atoms with Crippen molar-refractivity contribution in [3.8, 4) is 12.1 Å². The lowest BCUT2D eigenvalue weighted by molar-refractivity contribution is -0.118. The van der Waals surface area contributed by atoms with E-state index in [1.807, 2.05) is 51.1 Å². The normalized spacial score (nSPS) is 18.0. The number of nitrogens with one attached hydrogen (secondary N) is 1. The quantitative estimate of drug-likeness (QED) is 0.365. The minimum absolute atomic E-state index is 0.00778. The van der Waals surface area contributed by atoms with Crippen molar-refractivity contribution in [3.63, 3.8) is 0 Å². The van der Waals surface area contributed by atoms with Crippen molar-refractivity contribution in [1.29, 1.82) is 10.5 Å². The third-order valence-electron chi connectivity index (χ3n) is 6.97. The fraction of sp³-hybridized carbons (Fsp3) is 0.267. The molecular weight excluding hydrogens is 555 g/mol. The van der Waals surface area contributed by atoms with E-state index < -0.39 is 5.92 Å². The van der Waals surface area contributed by atoms with Crippen LogP contribution in [0.4, 0.5) is 10.8 Å². The first-order chi connectivity index (χ1) is 19.6. The number of Topliss-reactive ketones (excluding diaryl/α,β-unsaturated/α-hetero) is 1. The van der Waals surface area contributed by atoms with Gasteiger partial charge in [0.25, 0.3) is 0 Å². The highest BCUT2D eigenvalue weighted by Crippen LogP contribution is 2.50. The first-order valence-electron chi connectivity index (χ1n) is 12.9. The summed E-state index contributed by atoms with van der Waals surface area (Å²) in [5, 5.41) is 31.1. The molecule has 2 heterocycles. The van der Waals surface area contributed by atoms with Gasteiger partial charge in [0.05, 0.1) is 34.9 Å². The summed E-state index contributed by atoms with van der Waals surface area (Å²) in [7, 11) is 0. The van der Waals surface area contributed by atoms with E-state index in [0.29, 0.717) is 44.7 Å². The first kappa shape index (κ1) is 28.1. The number of aryl methyl sites for hydroxylation is 1. The van der Waals surface area contributed by atoms with Gasteiger partial charge in [-0.1, -0.05) is 66.8 Å². The SMILES string of the molecule is Cc1cccc(C2C(C#N)=C(N)N(c3nnc(SCC(=O)Nc4ccc(C#N)cc4)s3)C3=C2C(=O)CC(C)(C)C3)c1. The van der Waals surface area contributed by atoms with E-state index in [1.165, 1.54) is 23.1 Å². The molecular formula is C30H27N7O2S2. The maximum absolute atomic E-state index is 13.7. The first-order valence-corrected chi connectivity index (χ1v) is 14.7. The summed E-state index contributed by atoms with van der Waals surface area (Å²) in [5.74, 6) is -0.465. The average molecular weight is 582 g/mol. The van der Waals surface area contributed by atoms with Crippen molar-refractivity contribution in [2.24, 2.45) is 11.1 Å². The average Bonchev–Trinajstić information content (AvgIpc) is 3.39. The third kappa shape index (κ3) is 5.73. The van der Waals surface area contributed by atoms with Crippen LogP contribution in [0.5, 0.6) is 0 Å². The molecule has 0 bridgehead atoms. The van der Waals surface area contributed by atoms with Gasteiger partial charge in [-0.25, -0.2) is 0 Å². The number of anilines is 2. The number of nitriles is 2. The molecule has 0 spiro atoms. The van der Waals surface area contributed by atoms with Gasteiger partial charge >= 0.3 is 0 Å². The van der Waals surface area contributed by atoms with Crippen LogP contribution in [0.2, 0.25) is 0 Å². The number of hydrogen-bond acceptors (Lipinski definition) is 10. The van der Waals surface area contributed by atoms with Crippen molar-refractivity contribution < 1.29 is 9.59 Å². The van der Waals surface area contributed by atoms with Crippen molar-refractivity contribution in [3.05, 3.63) is 87.9 Å². The van der Waals surface area contributed by atoms with Crippen LogP contribution in [0, 0.1) is 35.0 Å². The van der Waals surface area contributed by atoms with E-state index in [0.717, 1.165) is 16.8 Å². The van der Waals surface area contributed by atoms with Crippen LogP contribution in [-0.4, -0.2) is 27.6 Å². The van der Waals surface area contributed by atoms with Crippen molar-refractivity contribution in [1.82, 2.24) is 10.2 Å². The molecule has 1 unspecified atom stereocenters. The van der Waals surface area contributed by atoms with Crippen molar-refractivity contribution in [2.45, 2.75) is 43.9 Å². The van der Waals surface area contributed by atoms with Crippen molar-refractivity contribution >= 4 is 45.6 Å². The van der Waals surface area contributed by atoms with Gasteiger partial charge in [0, 0.05) is 23.4 Å². The number of carbonyl (C=O) groups excluding carboxylic acids is 2. The molecule has 0 radical (unpaired) electrons. The topological polar surface area (TPSA) is 149 Å². The predicted octanol–water partition coefficient (Wildman–Crippen LogP) is 5.39. The van der Waals surface area contributed by atoms with Crippen LogP contribution in [0.1, 0.15) is 49.3 Å². The fourth-order valence-corrected chi connectivity index (χ4v) is 6.89. The van der Waals surface area contributed by atoms with Crippen LogP contribution in [0.3, 0.4) is 0 Å². The van der Waals surface area contributed by atoms with Gasteiger partial charge in [0.2, 0.25) is 11.0 Å². The largest absolute Gasteiger partial charge is 0.384 e. The molecule has 2 aliphatic rings. The number of nitrogens with zero attached hydrogens (tertiary/aromatic N) is 5. The molecule has 3 N–H and O–H groups in total. The zero-order valence-electron chi connectivity index (χ0n) is 22.8. The second kappa shape index (κ2) is 11.2. The Balaban J connectivity index is 1.44. The Kier molecular flexibility index (Phi) is 7.68. The smallest absolute Gasteiger partial charge is 0.234 e. The van der Waals surface area contributed by atoms with Crippen LogP contribution < -0.4 is 16.0 Å². The van der Waals surface area contributed by atoms with E-state index >= 15 is 0 Å². The maximum atomic E-state index is 13.7. The van der Waals surface area contributed by atoms with E-state index in [4.69, 9.17) is 11.0 Å². The van der Waals surface area contributed by atoms with E-state index in [1.54, 1.807) is 29.2 Å². The molecule has 2 aromatic carbocycles. The van der Waals surface area contributed by atoms with E-state index in [2.05, 4.69) is 21.6 Å². The molecule has 1 atom stereocenters. The molecule has 11 heteroatoms. The van der Waals surface area contributed by atoms with Gasteiger partial charge in [-0.3, -0.25) is 14.5 Å². The molecule has 41 heavy (non-hydrogen) atoms. The number of thioether (sulfide) groups is 1. The van der Waals surface area contributed by atoms with Crippen LogP contribution in [0.15, 0.2) is 75.5 Å². The lowest BCUT2D eigenvalue weighted by atomic mass is 9.68. The Bertz CT molecular complexity index is 1690. The molecule has 1 aliphatic carbocycles. The molecule has 3 aromatic rings. The van der Waals surface area contributed by atoms with Gasteiger partial charge in [-0.15, -0.1) is 10.2 Å². The summed E-state index contributed by atoms with van der Waals surface area (Å²) in [4.78, 5) is 27.9. The number of amides is 1. The van der Waals surface area contributed by atoms with Gasteiger partial charge in [-0.2, -0.15) is 10.5 Å². The molecule has 1 aliphatic heterocycles. The Morgan fingerprint density at radius 2 is 1.93 bits per heavy atom. The summed E-state index contributed by atoms with van der Waals surface area (Å²) >= 11 is 2.47. The second-order valence-corrected chi connectivity index (χ2v) is 12.9. The highest BCUT2D eigenvalue weighted by molar-refractivity contribution is 8.01. The summed E-state index contributed by atoms with van der Waals surface area (Å²) in [5.41, 5.74) is 11.0. The van der Waals surface area contributed by atoms with Gasteiger partial charge in [0.15, 0.2) is 10.1 Å². The van der Waals surface area contributed by atoms with Gasteiger partial charge < -0.3 is 11.1 Å². The molecule has 9 nitrogen and oxygen atoms in total. The van der Waals surface area contributed by atoms with E-state index in [9.17, 15) is 14.9 Å². The third-order valence-corrected chi connectivity index (χ3v) is 9.01. The minimum atomic E-state index is -0.553. The van der Waals surface area contributed by atoms with Crippen LogP contribution in [-0.2, 0) is 9.59 Å². The number of rotatable bonds is 6. The lowest BCUT2D eigenvalue weighted by Crippen LogP contribution is -2.42. The Hall–Kier alpha value is -4.45. The molecule has 1 aromatic heterocycles. The molecule has 0 saturated carbocycles. The van der Waals surface area contributed by atoms with Crippen molar-refractivity contribution in [2.75, 3.05) is 16.0 Å². The Morgan fingerprint density at radius 1 is 1.17 bits per heavy atom. The predicted molar refractivity (Wildman–Crippen MR) is 159 cm³/mol. The highest BCUT2D eigenvalue weighted by atomic mass is 32.2. The number of hydrogen-bond donors (Lipinski definition) is 2. The van der Waals surface area contributed by atoms with Gasteiger partial charge in [-0.05, 0) is 48.6 Å². The maximum Gasteiger partial charge on any atom is 0.234 e. The number of benzene rings is 2. The summed E-state index contributed by atoms with van der Waals surface area (Å²) in [6.07, 6.45) is 0.941. The molecule has 1 amide bonds. The number of aromatic nitrogens is 2. The minimum Gasteiger partial charge on any atom is -0.384 e. The number of allylic oxidation sites excluding steroid dienone is 3. The fourth-order valence-electron chi connectivity index (χ4n) is 5.21. The summed E-state index contributed by atoms with van der Waals surface area (Å²) < 4.78 is 0.547. The second-order valence-electron chi connectivity index (χ2n) is 10.8. The number of nitrogens with two attached hydrogens (primary N) is 1. The number of carbonyl (C=O) groups is 2. The van der Waals surface area contributed by atoms with Gasteiger partial charge in [0.1, 0.15) is 5.82 Å². The summed E-state index contributed by atoms with van der Waals surface area (Å²) in [6, 6.07) is 18.8. The zero-order valence-corrected chi connectivity index (χ0v) is 24.4. The molecule has 206 valence electrons. The standard InChI is InChI=1S/C30H27N7O2S2/c1-17-5-4-6-19(11-17)25-21(15-32)27(33)37(22-12-30(2,3)13-23(38)26(22)25)28-35-36-29(41-28)40-16-24(39)34-20-9-7-18(14-31)8-10-20/h4-11,25H,12-13,16,33H2,1-3H3,(H,34,39). The molecule has 0 fully saturated rings. The number of ketones is 1. The zero-order chi connectivity index (χ0) is 29.3. The molecule has 0 saturated heterocycles. The molecule has 5 rings (SSSR count). The van der Waals surface area contributed by atoms with E-state index in [-0.39, 0.29) is 28.7 Å². The monoisotopic (exact) mass is 581 g/mol. The summed E-state index contributed by atoms with van der Waals surface area (Å²) in [6.45, 7) is 6.06. The van der Waals surface area contributed by atoms with Crippen LogP contribution in [0.25, 0.3) is 0 Å². The highest BCUT2D eigenvalue weighted by Gasteiger charge is 2.45. The Labute approximate surface area is 246 Å². The lowest BCUT2D eigenvalue weighted by Gasteiger charge is -2.42.